The Balaban J connectivity index is 1.52. The Labute approximate surface area is 238 Å². The Morgan fingerprint density at radius 3 is 2.02 bits per heavy atom. The number of nitrogens with one attached hydrogen (secondary N) is 1. The number of aliphatic hydroxyl groups is 1. The maximum absolute atomic E-state index is 14.0. The number of alkyl halides is 3. The van der Waals surface area contributed by atoms with Gasteiger partial charge >= 0.3 is 6.18 Å². The summed E-state index contributed by atoms with van der Waals surface area (Å²) in [6.45, 7) is 2.80. The number of likely N-dealkylation sites (N-methyl/N-ethyl adjacent to an activating group) is 1. The van der Waals surface area contributed by atoms with Crippen molar-refractivity contribution in [2.75, 3.05) is 27.2 Å². The van der Waals surface area contributed by atoms with Gasteiger partial charge in [0.15, 0.2) is 0 Å². The van der Waals surface area contributed by atoms with Crippen LogP contribution in [0.5, 0.6) is 0 Å². The minimum atomic E-state index is -4.56. The lowest BCUT2D eigenvalue weighted by molar-refractivity contribution is -0.137. The van der Waals surface area contributed by atoms with E-state index in [0.717, 1.165) is 23.3 Å². The van der Waals surface area contributed by atoms with Gasteiger partial charge in [0.25, 0.3) is 5.91 Å². The number of hydrogen-bond acceptors (Lipinski definition) is 4. The molecule has 9 heteroatoms. The van der Waals surface area contributed by atoms with Crippen LogP contribution in [0.3, 0.4) is 0 Å². The van der Waals surface area contributed by atoms with Crippen molar-refractivity contribution in [1.82, 2.24) is 15.1 Å². The zero-order valence-corrected chi connectivity index (χ0v) is 23.4. The fourth-order valence-electron chi connectivity index (χ4n) is 5.75. The Hall–Kier alpha value is -3.69. The largest absolute Gasteiger partial charge is 0.416 e. The van der Waals surface area contributed by atoms with Crippen LogP contribution >= 0.6 is 0 Å². The van der Waals surface area contributed by atoms with E-state index in [9.17, 15) is 27.9 Å². The molecule has 0 saturated carbocycles. The first-order valence-corrected chi connectivity index (χ1v) is 13.7. The second-order valence-corrected chi connectivity index (χ2v) is 10.9. The number of likely N-dealkylation sites (tertiary alicyclic amines) is 1. The van der Waals surface area contributed by atoms with Crippen molar-refractivity contribution in [2.24, 2.45) is 0 Å². The van der Waals surface area contributed by atoms with Crippen LogP contribution in [0.4, 0.5) is 13.2 Å². The Kier molecular flexibility index (Phi) is 9.19. The summed E-state index contributed by atoms with van der Waals surface area (Å²) in [4.78, 5) is 30.4. The molecule has 218 valence electrons. The number of amides is 2. The molecule has 3 aromatic rings. The molecule has 4 rings (SSSR count). The molecule has 3 atom stereocenters. The van der Waals surface area contributed by atoms with E-state index in [0.29, 0.717) is 19.4 Å². The van der Waals surface area contributed by atoms with Crippen molar-refractivity contribution in [1.29, 1.82) is 0 Å². The minimum absolute atomic E-state index is 0.0504. The van der Waals surface area contributed by atoms with E-state index in [2.05, 4.69) is 10.2 Å². The van der Waals surface area contributed by atoms with Gasteiger partial charge in [-0.05, 0) is 49.1 Å². The maximum atomic E-state index is 14.0. The van der Waals surface area contributed by atoms with Crippen molar-refractivity contribution < 1.29 is 27.9 Å². The van der Waals surface area contributed by atoms with E-state index in [4.69, 9.17) is 0 Å². The van der Waals surface area contributed by atoms with Crippen LogP contribution in [-0.4, -0.2) is 72.1 Å². The third-order valence-corrected chi connectivity index (χ3v) is 7.91. The van der Waals surface area contributed by atoms with Crippen LogP contribution < -0.4 is 5.32 Å². The summed E-state index contributed by atoms with van der Waals surface area (Å²) in [6.07, 6.45) is -4.64. The Bertz CT molecular complexity index is 1290. The van der Waals surface area contributed by atoms with Crippen molar-refractivity contribution in [3.8, 4) is 0 Å². The lowest BCUT2D eigenvalue weighted by Gasteiger charge is -2.44. The fourth-order valence-corrected chi connectivity index (χ4v) is 5.75. The Morgan fingerprint density at radius 1 is 0.951 bits per heavy atom. The summed E-state index contributed by atoms with van der Waals surface area (Å²) in [7, 11) is 3.49. The van der Waals surface area contributed by atoms with E-state index >= 15 is 0 Å². The average Bonchev–Trinajstić information content (AvgIpc) is 2.97. The van der Waals surface area contributed by atoms with Gasteiger partial charge < -0.3 is 15.3 Å². The molecule has 3 aromatic carbocycles. The number of β-amino-alcohol motifs (C(OH)–C–C–N with tert-alkyl or cyclic N) is 1. The highest BCUT2D eigenvalue weighted by Gasteiger charge is 2.45. The molecule has 41 heavy (non-hydrogen) atoms. The zero-order valence-electron chi connectivity index (χ0n) is 23.4. The molecule has 1 heterocycles. The first kappa shape index (κ1) is 30.3. The highest BCUT2D eigenvalue weighted by atomic mass is 19.4. The van der Waals surface area contributed by atoms with Gasteiger partial charge in [0.05, 0.1) is 17.7 Å². The first-order valence-electron chi connectivity index (χ1n) is 13.7. The predicted molar refractivity (Wildman–Crippen MR) is 151 cm³/mol. The number of rotatable bonds is 8. The van der Waals surface area contributed by atoms with Crippen LogP contribution in [-0.2, 0) is 16.4 Å². The number of carbonyl (C=O) groups is 2. The van der Waals surface area contributed by atoms with Crippen LogP contribution in [0.15, 0.2) is 84.9 Å². The van der Waals surface area contributed by atoms with E-state index in [1.54, 1.807) is 19.0 Å². The second-order valence-electron chi connectivity index (χ2n) is 10.9. The summed E-state index contributed by atoms with van der Waals surface area (Å²) in [5.41, 5.74) is -0.228. The van der Waals surface area contributed by atoms with Crippen LogP contribution in [0.25, 0.3) is 0 Å². The molecule has 0 radical (unpaired) electrons. The van der Waals surface area contributed by atoms with E-state index in [-0.39, 0.29) is 24.1 Å². The molecule has 0 aromatic heterocycles. The van der Waals surface area contributed by atoms with Crippen molar-refractivity contribution in [2.45, 2.75) is 49.5 Å². The third-order valence-electron chi connectivity index (χ3n) is 7.91. The fraction of sp³-hybridized carbons (Fsp3) is 0.375. The number of halogens is 3. The van der Waals surface area contributed by atoms with Gasteiger partial charge in [-0.15, -0.1) is 0 Å². The summed E-state index contributed by atoms with van der Waals surface area (Å²) >= 11 is 0. The minimum Gasteiger partial charge on any atom is -0.390 e. The van der Waals surface area contributed by atoms with Crippen molar-refractivity contribution in [3.05, 3.63) is 107 Å². The van der Waals surface area contributed by atoms with Crippen molar-refractivity contribution >= 4 is 11.8 Å². The van der Waals surface area contributed by atoms with E-state index in [1.165, 1.54) is 12.1 Å². The topological polar surface area (TPSA) is 72.9 Å². The lowest BCUT2D eigenvalue weighted by atomic mass is 9.69. The number of aliphatic hydroxyl groups excluding tert-OH is 1. The van der Waals surface area contributed by atoms with Crippen LogP contribution in [0, 0.1) is 0 Å². The molecule has 1 fully saturated rings. The molecule has 0 aliphatic carbocycles. The molecule has 1 aliphatic heterocycles. The van der Waals surface area contributed by atoms with Gasteiger partial charge in [0.1, 0.15) is 5.41 Å². The highest BCUT2D eigenvalue weighted by molar-refractivity contribution is 5.94. The van der Waals surface area contributed by atoms with E-state index < -0.39 is 35.2 Å². The number of hydrogen-bond donors (Lipinski definition) is 2. The second kappa shape index (κ2) is 12.4. The van der Waals surface area contributed by atoms with Crippen LogP contribution in [0.1, 0.15) is 46.8 Å². The predicted octanol–water partition coefficient (Wildman–Crippen LogP) is 4.72. The number of piperidine rings is 1. The molecule has 0 bridgehead atoms. The van der Waals surface area contributed by atoms with Crippen LogP contribution in [0.2, 0.25) is 0 Å². The molecular weight excluding hydrogens is 531 g/mol. The third kappa shape index (κ3) is 6.63. The molecule has 1 unspecified atom stereocenters. The molecule has 1 aliphatic rings. The number of nitrogens with zero attached hydrogens (tertiary/aromatic N) is 2. The number of benzene rings is 3. The zero-order chi connectivity index (χ0) is 29.8. The average molecular weight is 568 g/mol. The normalized spacial score (nSPS) is 18.9. The summed E-state index contributed by atoms with van der Waals surface area (Å²) in [5, 5.41) is 13.7. The monoisotopic (exact) mass is 567 g/mol. The molecule has 6 nitrogen and oxygen atoms in total. The maximum Gasteiger partial charge on any atom is 0.416 e. The first-order chi connectivity index (χ1) is 19.4. The summed E-state index contributed by atoms with van der Waals surface area (Å²) in [5.74, 6) is -0.712. The van der Waals surface area contributed by atoms with E-state index in [1.807, 2.05) is 67.6 Å². The SMILES string of the molecule is CC(CC(C(=O)N(C)C)(c1ccccc1)c1ccccc1)N1CC[C@@H](NC(=O)c2cccc(C(F)(F)F)c2)[C@@H](O)C1. The summed E-state index contributed by atoms with van der Waals surface area (Å²) in [6, 6.07) is 22.9. The quantitative estimate of drug-likeness (QED) is 0.413. The standard InChI is InChI=1S/C32H36F3N3O3/c1-22(20-31(30(41)37(2)3,24-12-6-4-7-13-24)25-14-8-5-9-15-25)38-18-17-27(28(39)21-38)36-29(40)23-11-10-16-26(19-23)32(33,34)35/h4-16,19,22,27-28,39H,17-18,20-21H2,1-3H3,(H,36,40)/t22?,27-,28+/m1/s1. The smallest absolute Gasteiger partial charge is 0.390 e. The molecule has 2 N–H and O–H groups in total. The molecular formula is C32H36F3N3O3. The Morgan fingerprint density at radius 2 is 1.51 bits per heavy atom. The van der Waals surface area contributed by atoms with Gasteiger partial charge in [-0.3, -0.25) is 14.5 Å². The van der Waals surface area contributed by atoms with Gasteiger partial charge in [0.2, 0.25) is 5.91 Å². The lowest BCUT2D eigenvalue weighted by Crippen LogP contribution is -2.57. The van der Waals surface area contributed by atoms with Gasteiger partial charge in [-0.1, -0.05) is 66.7 Å². The molecule has 2 amide bonds. The number of carbonyl (C=O) groups excluding carboxylic acids is 2. The molecule has 1 saturated heterocycles. The van der Waals surface area contributed by atoms with Crippen molar-refractivity contribution in [3.63, 3.8) is 0 Å². The molecule has 0 spiro atoms. The highest BCUT2D eigenvalue weighted by Crippen LogP contribution is 2.40. The van der Waals surface area contributed by atoms with Gasteiger partial charge in [-0.25, -0.2) is 0 Å². The van der Waals surface area contributed by atoms with Gasteiger partial charge in [-0.2, -0.15) is 13.2 Å². The summed E-state index contributed by atoms with van der Waals surface area (Å²) < 4.78 is 39.3. The van der Waals surface area contributed by atoms with Gasteiger partial charge in [0, 0.05) is 38.8 Å².